The van der Waals surface area contributed by atoms with Crippen LogP contribution in [0.2, 0.25) is 5.28 Å². The van der Waals surface area contributed by atoms with Crippen molar-refractivity contribution in [1.82, 2.24) is 9.97 Å². The fourth-order valence-corrected chi connectivity index (χ4v) is 2.15. The Morgan fingerprint density at radius 2 is 2.00 bits per heavy atom. The summed E-state index contributed by atoms with van der Waals surface area (Å²) in [5.41, 5.74) is 1.67. The number of aromatic nitrogens is 2. The summed E-state index contributed by atoms with van der Waals surface area (Å²) in [4.78, 5) is 15.0. The number of rotatable bonds is 2. The minimum Gasteiger partial charge on any atom is -0.355 e. The molecule has 16 heavy (non-hydrogen) atoms. The first-order chi connectivity index (χ1) is 7.72. The molecule has 1 fully saturated rings. The Balaban J connectivity index is 2.47. The van der Waals surface area contributed by atoms with Gasteiger partial charge in [-0.15, -0.1) is 0 Å². The van der Waals surface area contributed by atoms with Crippen LogP contribution >= 0.6 is 11.6 Å². The number of hydrogen-bond acceptors (Lipinski definition) is 4. The van der Waals surface area contributed by atoms with Gasteiger partial charge in [-0.25, -0.2) is 4.98 Å². The van der Waals surface area contributed by atoms with Crippen molar-refractivity contribution in [2.24, 2.45) is 4.99 Å². The van der Waals surface area contributed by atoms with Crippen molar-refractivity contribution in [2.45, 2.75) is 26.7 Å². The van der Waals surface area contributed by atoms with Crippen LogP contribution in [-0.2, 0) is 0 Å². The number of nitrogens with zero attached hydrogens (tertiary/aromatic N) is 4. The summed E-state index contributed by atoms with van der Waals surface area (Å²) in [5.74, 6) is 0.869. The molecule has 1 saturated heterocycles. The van der Waals surface area contributed by atoms with E-state index in [0.717, 1.165) is 30.3 Å². The molecule has 5 heteroatoms. The number of anilines is 1. The average molecular weight is 239 g/mol. The van der Waals surface area contributed by atoms with Crippen molar-refractivity contribution in [2.75, 3.05) is 18.0 Å². The smallest absolute Gasteiger partial charge is 0.224 e. The molecule has 0 N–H and O–H groups in total. The first-order valence-corrected chi connectivity index (χ1v) is 5.88. The molecule has 0 aromatic carbocycles. The van der Waals surface area contributed by atoms with Gasteiger partial charge in [0.15, 0.2) is 5.82 Å². The number of aryl methyl sites for hydroxylation is 1. The maximum absolute atomic E-state index is 5.90. The first kappa shape index (κ1) is 11.3. The van der Waals surface area contributed by atoms with E-state index >= 15 is 0 Å². The molecule has 86 valence electrons. The Bertz CT molecular complexity index is 411. The molecule has 2 rings (SSSR count). The van der Waals surface area contributed by atoms with E-state index in [4.69, 9.17) is 11.6 Å². The molecule has 0 bridgehead atoms. The largest absolute Gasteiger partial charge is 0.355 e. The van der Waals surface area contributed by atoms with Gasteiger partial charge in [0, 0.05) is 19.3 Å². The van der Waals surface area contributed by atoms with Gasteiger partial charge >= 0.3 is 0 Å². The molecule has 0 aliphatic carbocycles. The summed E-state index contributed by atoms with van der Waals surface area (Å²) < 4.78 is 0. The Morgan fingerprint density at radius 3 is 2.62 bits per heavy atom. The lowest BCUT2D eigenvalue weighted by atomic mass is 10.3. The van der Waals surface area contributed by atoms with Gasteiger partial charge in [0.2, 0.25) is 5.28 Å². The standard InChI is InChI=1S/C11H15ClN4/c1-3-13-9-8(2)14-11(12)15-10(9)16-6-4-5-7-16/h3H,4-7H2,1-2H3. The fourth-order valence-electron chi connectivity index (χ4n) is 1.95. The van der Waals surface area contributed by atoms with E-state index < -0.39 is 0 Å². The molecule has 0 saturated carbocycles. The van der Waals surface area contributed by atoms with E-state index in [1.54, 1.807) is 6.21 Å². The van der Waals surface area contributed by atoms with Crippen LogP contribution in [0.5, 0.6) is 0 Å². The first-order valence-electron chi connectivity index (χ1n) is 5.50. The van der Waals surface area contributed by atoms with Gasteiger partial charge < -0.3 is 4.90 Å². The van der Waals surface area contributed by atoms with Gasteiger partial charge in [0.25, 0.3) is 0 Å². The summed E-state index contributed by atoms with van der Waals surface area (Å²) >= 11 is 5.90. The third kappa shape index (κ3) is 2.16. The third-order valence-corrected chi connectivity index (χ3v) is 2.85. The second kappa shape index (κ2) is 4.78. The Labute approximate surface area is 100 Å². The van der Waals surface area contributed by atoms with Crippen molar-refractivity contribution < 1.29 is 0 Å². The molecule has 1 aliphatic heterocycles. The molecular weight excluding hydrogens is 224 g/mol. The van der Waals surface area contributed by atoms with Gasteiger partial charge in [-0.3, -0.25) is 4.99 Å². The predicted octanol–water partition coefficient (Wildman–Crippen LogP) is 2.76. The van der Waals surface area contributed by atoms with Crippen LogP contribution in [0.3, 0.4) is 0 Å². The van der Waals surface area contributed by atoms with Crippen LogP contribution in [-0.4, -0.2) is 29.3 Å². The molecule has 0 spiro atoms. The molecule has 0 unspecified atom stereocenters. The quantitative estimate of drug-likeness (QED) is 0.588. The second-order valence-electron chi connectivity index (χ2n) is 3.83. The summed E-state index contributed by atoms with van der Waals surface area (Å²) in [5, 5.41) is 0.300. The van der Waals surface area contributed by atoms with Crippen molar-refractivity contribution in [1.29, 1.82) is 0 Å². The molecule has 1 aromatic rings. The zero-order chi connectivity index (χ0) is 11.5. The SMILES string of the molecule is CC=Nc1c(C)nc(Cl)nc1N1CCCC1. The zero-order valence-electron chi connectivity index (χ0n) is 9.57. The van der Waals surface area contributed by atoms with Gasteiger partial charge in [0.1, 0.15) is 5.69 Å². The summed E-state index contributed by atoms with van der Waals surface area (Å²) in [6.07, 6.45) is 4.17. The Kier molecular flexibility index (Phi) is 3.39. The number of aliphatic imine (C=N–C) groups is 1. The monoisotopic (exact) mass is 238 g/mol. The van der Waals surface area contributed by atoms with Crippen molar-refractivity contribution in [3.63, 3.8) is 0 Å². The molecule has 1 aromatic heterocycles. The molecule has 2 heterocycles. The lowest BCUT2D eigenvalue weighted by molar-refractivity contribution is 0.920. The van der Waals surface area contributed by atoms with Crippen molar-refractivity contribution in [3.8, 4) is 0 Å². The second-order valence-corrected chi connectivity index (χ2v) is 4.17. The van der Waals surface area contributed by atoms with E-state index in [2.05, 4.69) is 19.9 Å². The summed E-state index contributed by atoms with van der Waals surface area (Å²) in [6, 6.07) is 0. The average Bonchev–Trinajstić information content (AvgIpc) is 2.75. The Morgan fingerprint density at radius 1 is 1.31 bits per heavy atom. The van der Waals surface area contributed by atoms with E-state index in [9.17, 15) is 0 Å². The molecule has 4 nitrogen and oxygen atoms in total. The van der Waals surface area contributed by atoms with Crippen LogP contribution in [0, 0.1) is 6.92 Å². The Hall–Kier alpha value is -1.16. The maximum atomic E-state index is 5.90. The van der Waals surface area contributed by atoms with Crippen LogP contribution in [0.1, 0.15) is 25.5 Å². The normalized spacial score (nSPS) is 16.3. The molecule has 1 aliphatic rings. The molecule has 0 radical (unpaired) electrons. The summed E-state index contributed by atoms with van der Waals surface area (Å²) in [7, 11) is 0. The predicted molar refractivity (Wildman–Crippen MR) is 67.1 cm³/mol. The third-order valence-electron chi connectivity index (χ3n) is 2.68. The highest BCUT2D eigenvalue weighted by molar-refractivity contribution is 6.28. The van der Waals surface area contributed by atoms with Crippen molar-refractivity contribution >= 4 is 29.3 Å². The lowest BCUT2D eigenvalue weighted by Crippen LogP contribution is -2.19. The minimum absolute atomic E-state index is 0.300. The van der Waals surface area contributed by atoms with Crippen LogP contribution in [0.15, 0.2) is 4.99 Å². The van der Waals surface area contributed by atoms with Crippen molar-refractivity contribution in [3.05, 3.63) is 11.0 Å². The van der Waals surface area contributed by atoms with Gasteiger partial charge in [0.05, 0.1) is 5.69 Å². The molecule has 0 amide bonds. The molecular formula is C11H15ClN4. The molecule has 0 atom stereocenters. The zero-order valence-corrected chi connectivity index (χ0v) is 10.3. The maximum Gasteiger partial charge on any atom is 0.224 e. The van der Waals surface area contributed by atoms with Crippen LogP contribution in [0.4, 0.5) is 11.5 Å². The van der Waals surface area contributed by atoms with Gasteiger partial charge in [-0.05, 0) is 38.3 Å². The topological polar surface area (TPSA) is 41.4 Å². The van der Waals surface area contributed by atoms with Gasteiger partial charge in [-0.2, -0.15) is 4.98 Å². The van der Waals surface area contributed by atoms with E-state index in [1.807, 2.05) is 13.8 Å². The highest BCUT2D eigenvalue weighted by atomic mass is 35.5. The van der Waals surface area contributed by atoms with Crippen LogP contribution in [0.25, 0.3) is 0 Å². The summed E-state index contributed by atoms with van der Waals surface area (Å²) in [6.45, 7) is 5.86. The van der Waals surface area contributed by atoms with E-state index in [0.29, 0.717) is 5.28 Å². The fraction of sp³-hybridized carbons (Fsp3) is 0.545. The highest BCUT2D eigenvalue weighted by Gasteiger charge is 2.19. The van der Waals surface area contributed by atoms with Crippen LogP contribution < -0.4 is 4.90 Å². The highest BCUT2D eigenvalue weighted by Crippen LogP contribution is 2.32. The van der Waals surface area contributed by atoms with E-state index in [1.165, 1.54) is 12.8 Å². The van der Waals surface area contributed by atoms with E-state index in [-0.39, 0.29) is 0 Å². The minimum atomic E-state index is 0.300. The van der Waals surface area contributed by atoms with Gasteiger partial charge in [-0.1, -0.05) is 0 Å². The lowest BCUT2D eigenvalue weighted by Gasteiger charge is -2.19. The number of halogens is 1. The number of hydrogen-bond donors (Lipinski definition) is 0.